The molecule has 0 amide bonds. The number of esters is 1. The summed E-state index contributed by atoms with van der Waals surface area (Å²) in [5.74, 6) is 0.469. The predicted octanol–water partition coefficient (Wildman–Crippen LogP) is 2.40. The summed E-state index contributed by atoms with van der Waals surface area (Å²) in [5, 5.41) is 0. The van der Waals surface area contributed by atoms with Crippen LogP contribution in [0.4, 0.5) is 0 Å². The predicted molar refractivity (Wildman–Crippen MR) is 60.8 cm³/mol. The first-order valence-corrected chi connectivity index (χ1v) is 5.16. The molecule has 2 rings (SSSR count). The topological polar surface area (TPSA) is 35.5 Å². The van der Waals surface area contributed by atoms with Gasteiger partial charge in [-0.3, -0.25) is 0 Å². The number of benzene rings is 1. The van der Waals surface area contributed by atoms with Gasteiger partial charge in [-0.2, -0.15) is 0 Å². The van der Waals surface area contributed by atoms with Crippen molar-refractivity contribution in [3.05, 3.63) is 41.0 Å². The molecule has 0 spiro atoms. The number of ether oxygens (including phenoxy) is 2. The van der Waals surface area contributed by atoms with Gasteiger partial charge >= 0.3 is 5.97 Å². The van der Waals surface area contributed by atoms with E-state index in [0.717, 1.165) is 28.9 Å². The smallest absolute Gasteiger partial charge is 0.339 e. The number of carbonyl (C=O) groups excluding carboxylic acids is 1. The van der Waals surface area contributed by atoms with Crippen LogP contribution in [0.2, 0.25) is 0 Å². The van der Waals surface area contributed by atoms with Gasteiger partial charge in [-0.05, 0) is 25.0 Å². The van der Waals surface area contributed by atoms with Crippen LogP contribution in [0.3, 0.4) is 0 Å². The molecule has 0 unspecified atom stereocenters. The van der Waals surface area contributed by atoms with Gasteiger partial charge in [0.25, 0.3) is 0 Å². The van der Waals surface area contributed by atoms with Gasteiger partial charge in [-0.1, -0.05) is 6.08 Å². The van der Waals surface area contributed by atoms with E-state index in [1.165, 1.54) is 0 Å². The van der Waals surface area contributed by atoms with E-state index in [1.807, 2.05) is 13.0 Å². The molecule has 16 heavy (non-hydrogen) atoms. The second kappa shape index (κ2) is 4.00. The number of methoxy groups -OCH3 is 1. The van der Waals surface area contributed by atoms with Crippen LogP contribution in [0.25, 0.3) is 0 Å². The molecular formula is C13H14O3. The molecule has 84 valence electrons. The Balaban J connectivity index is 2.63. The lowest BCUT2D eigenvalue weighted by atomic mass is 9.95. The molecule has 1 aromatic carbocycles. The maximum Gasteiger partial charge on any atom is 0.339 e. The largest absolute Gasteiger partial charge is 0.496 e. The average Bonchev–Trinajstić information content (AvgIpc) is 2.64. The lowest BCUT2D eigenvalue weighted by Gasteiger charge is -2.12. The third kappa shape index (κ3) is 1.48. The van der Waals surface area contributed by atoms with Gasteiger partial charge in [0.1, 0.15) is 12.4 Å². The minimum atomic E-state index is -0.262. The Kier molecular flexibility index (Phi) is 2.69. The summed E-state index contributed by atoms with van der Waals surface area (Å²) in [7, 11) is 1.61. The van der Waals surface area contributed by atoms with Crippen LogP contribution in [0.5, 0.6) is 5.75 Å². The molecule has 0 bridgehead atoms. The second-order valence-corrected chi connectivity index (χ2v) is 3.78. The van der Waals surface area contributed by atoms with Crippen LogP contribution in [0.15, 0.2) is 18.7 Å². The summed E-state index contributed by atoms with van der Waals surface area (Å²) in [6.07, 6.45) is 2.56. The summed E-state index contributed by atoms with van der Waals surface area (Å²) in [6.45, 7) is 6.08. The Bertz CT molecular complexity index is 461. The monoisotopic (exact) mass is 218 g/mol. The molecule has 3 nitrogen and oxygen atoms in total. The fourth-order valence-electron chi connectivity index (χ4n) is 2.04. The third-order valence-corrected chi connectivity index (χ3v) is 2.94. The lowest BCUT2D eigenvalue weighted by Crippen LogP contribution is -2.01. The molecule has 0 aliphatic carbocycles. The highest BCUT2D eigenvalue weighted by Gasteiger charge is 2.26. The Hall–Kier alpha value is -1.77. The Morgan fingerprint density at radius 2 is 2.38 bits per heavy atom. The molecule has 0 fully saturated rings. The molecular weight excluding hydrogens is 204 g/mol. The number of cyclic esters (lactones) is 1. The minimum Gasteiger partial charge on any atom is -0.496 e. The van der Waals surface area contributed by atoms with Crippen LogP contribution >= 0.6 is 0 Å². The zero-order valence-corrected chi connectivity index (χ0v) is 9.50. The molecule has 0 radical (unpaired) electrons. The zero-order valence-electron chi connectivity index (χ0n) is 9.50. The van der Waals surface area contributed by atoms with Crippen molar-refractivity contribution in [2.45, 2.75) is 20.0 Å². The van der Waals surface area contributed by atoms with Crippen LogP contribution in [0.1, 0.15) is 27.0 Å². The van der Waals surface area contributed by atoms with Gasteiger partial charge in [-0.25, -0.2) is 4.79 Å². The highest BCUT2D eigenvalue weighted by atomic mass is 16.5. The van der Waals surface area contributed by atoms with E-state index in [9.17, 15) is 4.79 Å². The molecule has 1 aliphatic rings. The van der Waals surface area contributed by atoms with Crippen molar-refractivity contribution < 1.29 is 14.3 Å². The highest BCUT2D eigenvalue weighted by molar-refractivity contribution is 5.94. The summed E-state index contributed by atoms with van der Waals surface area (Å²) in [4.78, 5) is 11.5. The number of hydrogen-bond acceptors (Lipinski definition) is 3. The molecule has 0 saturated heterocycles. The Labute approximate surface area is 94.7 Å². The highest BCUT2D eigenvalue weighted by Crippen LogP contribution is 2.33. The molecule has 3 heteroatoms. The van der Waals surface area contributed by atoms with E-state index in [1.54, 1.807) is 13.2 Å². The second-order valence-electron chi connectivity index (χ2n) is 3.78. The summed E-state index contributed by atoms with van der Waals surface area (Å²) < 4.78 is 10.3. The molecule has 1 aliphatic heterocycles. The van der Waals surface area contributed by atoms with Crippen molar-refractivity contribution in [3.8, 4) is 5.75 Å². The molecule has 1 heterocycles. The quantitative estimate of drug-likeness (QED) is 0.577. The van der Waals surface area contributed by atoms with Gasteiger partial charge < -0.3 is 9.47 Å². The van der Waals surface area contributed by atoms with Gasteiger partial charge in [-0.15, -0.1) is 6.58 Å². The Morgan fingerprint density at radius 3 is 3.00 bits per heavy atom. The lowest BCUT2D eigenvalue weighted by molar-refractivity contribution is 0.0534. The number of fused-ring (bicyclic) bond motifs is 1. The molecule has 1 aromatic rings. The fraction of sp³-hybridized carbons (Fsp3) is 0.308. The van der Waals surface area contributed by atoms with E-state index in [-0.39, 0.29) is 5.97 Å². The molecule has 0 saturated carbocycles. The third-order valence-electron chi connectivity index (χ3n) is 2.94. The SMILES string of the molecule is C=CCc1c(OC)cc2c(c1C)COC2=O. The summed E-state index contributed by atoms with van der Waals surface area (Å²) in [6, 6.07) is 1.76. The van der Waals surface area contributed by atoms with Gasteiger partial charge in [0.05, 0.1) is 12.7 Å². The first-order valence-electron chi connectivity index (χ1n) is 5.16. The number of hydrogen-bond donors (Lipinski definition) is 0. The van der Waals surface area contributed by atoms with Crippen molar-refractivity contribution in [1.82, 2.24) is 0 Å². The maximum absolute atomic E-state index is 11.5. The van der Waals surface area contributed by atoms with E-state index >= 15 is 0 Å². The van der Waals surface area contributed by atoms with Gasteiger partial charge in [0, 0.05) is 11.1 Å². The average molecular weight is 218 g/mol. The number of carbonyl (C=O) groups is 1. The van der Waals surface area contributed by atoms with E-state index in [4.69, 9.17) is 9.47 Å². The van der Waals surface area contributed by atoms with E-state index in [2.05, 4.69) is 6.58 Å². The van der Waals surface area contributed by atoms with Crippen molar-refractivity contribution in [3.63, 3.8) is 0 Å². The Morgan fingerprint density at radius 1 is 1.62 bits per heavy atom. The van der Waals surface area contributed by atoms with Crippen molar-refractivity contribution in [2.75, 3.05) is 7.11 Å². The standard InChI is InChI=1S/C13H14O3/c1-4-5-9-8(2)11-7-16-13(14)10(11)6-12(9)15-3/h4,6H,1,5,7H2,2-3H3. The first-order chi connectivity index (χ1) is 7.69. The maximum atomic E-state index is 11.5. The molecule has 0 aromatic heterocycles. The van der Waals surface area contributed by atoms with E-state index < -0.39 is 0 Å². The van der Waals surface area contributed by atoms with Crippen molar-refractivity contribution in [1.29, 1.82) is 0 Å². The van der Waals surface area contributed by atoms with Crippen LogP contribution in [-0.2, 0) is 17.8 Å². The van der Waals surface area contributed by atoms with E-state index in [0.29, 0.717) is 12.2 Å². The van der Waals surface area contributed by atoms with Crippen molar-refractivity contribution >= 4 is 5.97 Å². The fourth-order valence-corrected chi connectivity index (χ4v) is 2.04. The zero-order chi connectivity index (χ0) is 11.7. The van der Waals surface area contributed by atoms with Crippen LogP contribution < -0.4 is 4.74 Å². The van der Waals surface area contributed by atoms with Crippen LogP contribution in [-0.4, -0.2) is 13.1 Å². The number of allylic oxidation sites excluding steroid dienone is 1. The molecule has 0 N–H and O–H groups in total. The summed E-state index contributed by atoms with van der Waals surface area (Å²) >= 11 is 0. The normalized spacial score (nSPS) is 13.2. The minimum absolute atomic E-state index is 0.262. The van der Waals surface area contributed by atoms with Crippen LogP contribution in [0, 0.1) is 6.92 Å². The van der Waals surface area contributed by atoms with Gasteiger partial charge in [0.2, 0.25) is 0 Å². The van der Waals surface area contributed by atoms with Gasteiger partial charge in [0.15, 0.2) is 0 Å². The number of rotatable bonds is 3. The van der Waals surface area contributed by atoms with Crippen molar-refractivity contribution in [2.24, 2.45) is 0 Å². The summed E-state index contributed by atoms with van der Waals surface area (Å²) in [5.41, 5.74) is 3.75. The molecule has 0 atom stereocenters. The first kappa shape index (κ1) is 10.7.